The summed E-state index contributed by atoms with van der Waals surface area (Å²) >= 11 is 0. The Bertz CT molecular complexity index is 887. The van der Waals surface area contributed by atoms with Gasteiger partial charge in [0.2, 0.25) is 10.0 Å². The van der Waals surface area contributed by atoms with Gasteiger partial charge in [0.1, 0.15) is 12.0 Å². The molecule has 2 heterocycles. The van der Waals surface area contributed by atoms with Crippen molar-refractivity contribution in [1.29, 1.82) is 0 Å². The van der Waals surface area contributed by atoms with Crippen molar-refractivity contribution >= 4 is 16.0 Å². The van der Waals surface area contributed by atoms with Gasteiger partial charge in [-0.05, 0) is 24.0 Å². The van der Waals surface area contributed by atoms with Crippen molar-refractivity contribution in [2.45, 2.75) is 25.5 Å². The van der Waals surface area contributed by atoms with E-state index in [-0.39, 0.29) is 5.75 Å². The fourth-order valence-electron chi connectivity index (χ4n) is 3.36. The third-order valence-electron chi connectivity index (χ3n) is 5.09. The Balaban J connectivity index is 1.46. The maximum Gasteiger partial charge on any atom is 0.220 e. The highest BCUT2D eigenvalue weighted by Crippen LogP contribution is 2.13. The maximum absolute atomic E-state index is 12.6. The average molecular weight is 420 g/mol. The van der Waals surface area contributed by atoms with Gasteiger partial charge in [0, 0.05) is 45.8 Å². The highest BCUT2D eigenvalue weighted by Gasteiger charge is 2.28. The van der Waals surface area contributed by atoms with E-state index in [0.29, 0.717) is 31.9 Å². The quantitative estimate of drug-likeness (QED) is 0.540. The Morgan fingerprint density at radius 3 is 2.41 bits per heavy atom. The van der Waals surface area contributed by atoms with Gasteiger partial charge in [-0.15, -0.1) is 0 Å². The Morgan fingerprint density at radius 2 is 1.83 bits per heavy atom. The highest BCUT2D eigenvalue weighted by atomic mass is 32.2. The summed E-state index contributed by atoms with van der Waals surface area (Å²) in [5, 5.41) is 7.09. The second kappa shape index (κ2) is 9.89. The van der Waals surface area contributed by atoms with E-state index in [0.717, 1.165) is 25.3 Å². The number of nitrogens with one attached hydrogen (secondary N) is 1. The molecule has 0 spiro atoms. The summed E-state index contributed by atoms with van der Waals surface area (Å²) in [7, 11) is -1.64. The van der Waals surface area contributed by atoms with Crippen molar-refractivity contribution in [3.63, 3.8) is 0 Å². The molecule has 0 atom stereocenters. The molecule has 158 valence electrons. The summed E-state index contributed by atoms with van der Waals surface area (Å²) in [5.41, 5.74) is 3.06. The number of piperazine rings is 1. The lowest BCUT2D eigenvalue weighted by Crippen LogP contribution is -2.54. The third kappa shape index (κ3) is 5.80. The normalized spacial score (nSPS) is 16.2. The summed E-state index contributed by atoms with van der Waals surface area (Å²) in [5.74, 6) is 0.677. The molecule has 8 nitrogen and oxygen atoms in total. The molecule has 9 heteroatoms. The van der Waals surface area contributed by atoms with Crippen molar-refractivity contribution in [3.8, 4) is 0 Å². The second-order valence-corrected chi connectivity index (χ2v) is 9.00. The lowest BCUT2D eigenvalue weighted by Gasteiger charge is -2.35. The minimum absolute atomic E-state index is 0.132. The number of aliphatic imine (C=N–C) groups is 1. The predicted octanol–water partition coefficient (Wildman–Crippen LogP) is 1.50. The number of benzene rings is 1. The van der Waals surface area contributed by atoms with E-state index in [1.165, 1.54) is 21.7 Å². The molecule has 1 aromatic heterocycles. The van der Waals surface area contributed by atoms with Crippen LogP contribution in [0.15, 0.2) is 46.1 Å². The van der Waals surface area contributed by atoms with E-state index in [1.807, 2.05) is 0 Å². The maximum atomic E-state index is 12.6. The van der Waals surface area contributed by atoms with Crippen molar-refractivity contribution in [2.24, 2.45) is 4.99 Å². The van der Waals surface area contributed by atoms with Crippen LogP contribution in [0.2, 0.25) is 0 Å². The number of hydrogen-bond donors (Lipinski definition) is 1. The monoisotopic (exact) mass is 419 g/mol. The van der Waals surface area contributed by atoms with Crippen molar-refractivity contribution in [3.05, 3.63) is 53.4 Å². The van der Waals surface area contributed by atoms with Crippen LogP contribution in [0.25, 0.3) is 0 Å². The molecule has 0 bridgehead atoms. The smallest absolute Gasteiger partial charge is 0.220 e. The zero-order valence-corrected chi connectivity index (χ0v) is 17.9. The van der Waals surface area contributed by atoms with E-state index in [2.05, 4.69) is 51.6 Å². The van der Waals surface area contributed by atoms with Gasteiger partial charge in [0.25, 0.3) is 0 Å². The molecule has 1 aliphatic heterocycles. The SMILES string of the molecule is CCc1ccc(CCNC(=NC)N2CCN(S(=O)(=O)Cc3ccon3)CC2)cc1. The molecule has 3 rings (SSSR count). The van der Waals surface area contributed by atoms with E-state index >= 15 is 0 Å². The molecule has 1 aliphatic rings. The third-order valence-corrected chi connectivity index (χ3v) is 6.91. The zero-order chi connectivity index (χ0) is 20.7. The summed E-state index contributed by atoms with van der Waals surface area (Å²) in [4.78, 5) is 6.46. The van der Waals surface area contributed by atoms with Crippen LogP contribution in [0.4, 0.5) is 0 Å². The van der Waals surface area contributed by atoms with Crippen LogP contribution in [0.3, 0.4) is 0 Å². The lowest BCUT2D eigenvalue weighted by atomic mass is 10.1. The average Bonchev–Trinajstić information content (AvgIpc) is 3.24. The van der Waals surface area contributed by atoms with Crippen LogP contribution in [0.5, 0.6) is 0 Å². The molecule has 1 aromatic carbocycles. The fourth-order valence-corrected chi connectivity index (χ4v) is 4.79. The van der Waals surface area contributed by atoms with Gasteiger partial charge >= 0.3 is 0 Å². The topological polar surface area (TPSA) is 91.0 Å². The first kappa shape index (κ1) is 21.3. The van der Waals surface area contributed by atoms with Crippen LogP contribution in [0, 0.1) is 0 Å². The van der Waals surface area contributed by atoms with E-state index in [9.17, 15) is 8.42 Å². The number of hydrogen-bond acceptors (Lipinski definition) is 5. The standard InChI is InChI=1S/C20H29N5O3S/c1-3-17-4-6-18(7-5-17)8-10-22-20(21-2)24-11-13-25(14-12-24)29(26,27)16-19-9-15-28-23-19/h4-7,9,15H,3,8,10-14,16H2,1-2H3,(H,21,22). The molecule has 1 saturated heterocycles. The molecule has 1 fully saturated rings. The number of sulfonamides is 1. The fraction of sp³-hybridized carbons (Fsp3) is 0.500. The molecule has 0 amide bonds. The van der Waals surface area contributed by atoms with E-state index < -0.39 is 10.0 Å². The minimum Gasteiger partial charge on any atom is -0.364 e. The van der Waals surface area contributed by atoms with Crippen LogP contribution in [-0.4, -0.2) is 68.5 Å². The van der Waals surface area contributed by atoms with Gasteiger partial charge in [-0.3, -0.25) is 4.99 Å². The zero-order valence-electron chi connectivity index (χ0n) is 17.0. The second-order valence-electron chi connectivity index (χ2n) is 7.03. The molecular weight excluding hydrogens is 390 g/mol. The van der Waals surface area contributed by atoms with E-state index in [4.69, 9.17) is 4.52 Å². The van der Waals surface area contributed by atoms with Gasteiger partial charge in [-0.1, -0.05) is 36.3 Å². The summed E-state index contributed by atoms with van der Waals surface area (Å²) in [6.45, 7) is 4.99. The molecule has 0 radical (unpaired) electrons. The number of guanidine groups is 1. The number of nitrogens with zero attached hydrogens (tertiary/aromatic N) is 4. The first-order valence-corrected chi connectivity index (χ1v) is 11.5. The number of aryl methyl sites for hydroxylation is 1. The molecule has 29 heavy (non-hydrogen) atoms. The van der Waals surface area contributed by atoms with Crippen molar-refractivity contribution in [1.82, 2.24) is 19.7 Å². The van der Waals surface area contributed by atoms with Crippen LogP contribution in [-0.2, 0) is 28.6 Å². The van der Waals surface area contributed by atoms with Gasteiger partial charge in [0.15, 0.2) is 5.96 Å². The van der Waals surface area contributed by atoms with Gasteiger partial charge in [-0.2, -0.15) is 4.31 Å². The van der Waals surface area contributed by atoms with Crippen molar-refractivity contribution < 1.29 is 12.9 Å². The number of rotatable bonds is 7. The first-order valence-electron chi connectivity index (χ1n) is 9.92. The Labute approximate surface area is 172 Å². The molecule has 0 aliphatic carbocycles. The molecule has 2 aromatic rings. The van der Waals surface area contributed by atoms with Gasteiger partial charge in [0.05, 0.1) is 5.69 Å². The summed E-state index contributed by atoms with van der Waals surface area (Å²) in [6, 6.07) is 10.3. The molecular formula is C20H29N5O3S. The van der Waals surface area contributed by atoms with Gasteiger partial charge < -0.3 is 14.7 Å². The Kier molecular flexibility index (Phi) is 7.27. The van der Waals surface area contributed by atoms with Crippen LogP contribution < -0.4 is 5.32 Å². The summed E-state index contributed by atoms with van der Waals surface area (Å²) < 4.78 is 31.3. The summed E-state index contributed by atoms with van der Waals surface area (Å²) in [6.07, 6.45) is 3.34. The van der Waals surface area contributed by atoms with E-state index in [1.54, 1.807) is 13.1 Å². The predicted molar refractivity (Wildman–Crippen MR) is 113 cm³/mol. The largest absolute Gasteiger partial charge is 0.364 e. The Morgan fingerprint density at radius 1 is 1.14 bits per heavy atom. The lowest BCUT2D eigenvalue weighted by molar-refractivity contribution is 0.260. The Hall–Kier alpha value is -2.39. The van der Waals surface area contributed by atoms with Crippen LogP contribution in [0.1, 0.15) is 23.7 Å². The van der Waals surface area contributed by atoms with Crippen LogP contribution >= 0.6 is 0 Å². The van der Waals surface area contributed by atoms with Gasteiger partial charge in [-0.25, -0.2) is 8.42 Å². The minimum atomic E-state index is -3.40. The molecule has 1 N–H and O–H groups in total. The van der Waals surface area contributed by atoms with Crippen molar-refractivity contribution in [2.75, 3.05) is 39.8 Å². The molecule has 0 saturated carbocycles. The molecule has 0 unspecified atom stereocenters. The first-order chi connectivity index (χ1) is 14.0. The highest BCUT2D eigenvalue weighted by molar-refractivity contribution is 7.88. The number of aromatic nitrogens is 1.